The van der Waals surface area contributed by atoms with Gasteiger partial charge in [0, 0.05) is 37.2 Å². The van der Waals surface area contributed by atoms with E-state index in [1.807, 2.05) is 75.4 Å². The maximum Gasteiger partial charge on any atom is 0.410 e. The van der Waals surface area contributed by atoms with Crippen LogP contribution < -0.4 is 5.32 Å². The number of hydrogen-bond acceptors (Lipinski definition) is 6. The Kier molecular flexibility index (Phi) is 7.72. The second kappa shape index (κ2) is 11.2. The van der Waals surface area contributed by atoms with E-state index in [4.69, 9.17) is 14.1 Å². The van der Waals surface area contributed by atoms with Crippen LogP contribution in [0.5, 0.6) is 0 Å². The minimum Gasteiger partial charge on any atom is -0.444 e. The summed E-state index contributed by atoms with van der Waals surface area (Å²) in [6, 6.07) is 20.7. The summed E-state index contributed by atoms with van der Waals surface area (Å²) in [7, 11) is 0. The normalized spacial score (nSPS) is 14.4. The molecule has 0 aliphatic carbocycles. The van der Waals surface area contributed by atoms with E-state index in [0.717, 1.165) is 28.6 Å². The van der Waals surface area contributed by atoms with Crippen LogP contribution in [0.2, 0.25) is 0 Å². The fraction of sp³-hybridized carbons (Fsp3) is 0.300. The largest absolute Gasteiger partial charge is 0.444 e. The maximum atomic E-state index is 13.0. The highest BCUT2D eigenvalue weighted by molar-refractivity contribution is 9.10. The molecule has 8 nitrogen and oxygen atoms in total. The van der Waals surface area contributed by atoms with Crippen molar-refractivity contribution in [2.75, 3.05) is 31.5 Å². The number of hydrogen-bond donors (Lipinski definition) is 1. The van der Waals surface area contributed by atoms with Crippen molar-refractivity contribution in [1.82, 2.24) is 14.8 Å². The zero-order valence-corrected chi connectivity index (χ0v) is 23.8. The lowest BCUT2D eigenvalue weighted by atomic mass is 10.1. The van der Waals surface area contributed by atoms with Crippen molar-refractivity contribution in [2.45, 2.75) is 32.9 Å². The molecule has 4 aromatic rings. The quantitative estimate of drug-likeness (QED) is 0.283. The van der Waals surface area contributed by atoms with Gasteiger partial charge in [-0.1, -0.05) is 36.4 Å². The summed E-state index contributed by atoms with van der Waals surface area (Å²) >= 11 is 3.45. The molecular formula is C30H31BrN4O4. The van der Waals surface area contributed by atoms with Crippen LogP contribution in [0.25, 0.3) is 22.6 Å². The summed E-state index contributed by atoms with van der Waals surface area (Å²) in [5.74, 6) is 0.215. The Morgan fingerprint density at radius 1 is 0.974 bits per heavy atom. The van der Waals surface area contributed by atoms with Gasteiger partial charge in [0.25, 0.3) is 5.91 Å². The molecule has 2 heterocycles. The van der Waals surface area contributed by atoms with Gasteiger partial charge in [-0.15, -0.1) is 0 Å². The van der Waals surface area contributed by atoms with Crippen LogP contribution in [0, 0.1) is 0 Å². The number of anilines is 1. The molecule has 0 bridgehead atoms. The summed E-state index contributed by atoms with van der Waals surface area (Å²) in [6.07, 6.45) is -0.268. The first-order valence-electron chi connectivity index (χ1n) is 12.9. The van der Waals surface area contributed by atoms with Gasteiger partial charge in [0.05, 0.1) is 16.8 Å². The van der Waals surface area contributed by atoms with Gasteiger partial charge in [-0.25, -0.2) is 9.78 Å². The number of nitrogens with zero attached hydrogens (tertiary/aromatic N) is 3. The first-order chi connectivity index (χ1) is 18.7. The summed E-state index contributed by atoms with van der Waals surface area (Å²) in [5.41, 5.74) is 3.86. The van der Waals surface area contributed by atoms with E-state index >= 15 is 0 Å². The van der Waals surface area contributed by atoms with Crippen LogP contribution >= 0.6 is 15.9 Å². The molecule has 1 fully saturated rings. The Hall–Kier alpha value is -3.69. The molecule has 3 aromatic carbocycles. The zero-order chi connectivity index (χ0) is 27.6. The standard InChI is InChI=1S/C30H31BrN4O4/c1-30(2,3)39-29(37)35-17-15-34(16-18-35)19-20-9-8-14-25-26(20)33-28(38-25)22-11-5-7-13-24(22)32-27(36)21-10-4-6-12-23(21)31/h4-14H,15-19H2,1-3H3,(H,32,36). The Bertz CT molecular complexity index is 1500. The van der Waals surface area contributed by atoms with Crippen LogP contribution in [0.4, 0.5) is 10.5 Å². The molecule has 5 rings (SSSR count). The molecule has 0 unspecified atom stereocenters. The number of halogens is 1. The lowest BCUT2D eigenvalue weighted by Crippen LogP contribution is -2.49. The van der Waals surface area contributed by atoms with Crippen LogP contribution in [0.1, 0.15) is 36.7 Å². The Balaban J connectivity index is 1.32. The molecule has 0 atom stereocenters. The first-order valence-corrected chi connectivity index (χ1v) is 13.7. The molecular weight excluding hydrogens is 560 g/mol. The van der Waals surface area contributed by atoms with E-state index in [1.54, 1.807) is 11.0 Å². The molecule has 2 amide bonds. The molecule has 39 heavy (non-hydrogen) atoms. The topological polar surface area (TPSA) is 87.9 Å². The van der Waals surface area contributed by atoms with Crippen LogP contribution in [0.3, 0.4) is 0 Å². The molecule has 0 radical (unpaired) electrons. The maximum absolute atomic E-state index is 13.0. The number of carbonyl (C=O) groups excluding carboxylic acids is 2. The number of amides is 2. The molecule has 1 aromatic heterocycles. The third-order valence-electron chi connectivity index (χ3n) is 6.44. The summed E-state index contributed by atoms with van der Waals surface area (Å²) < 4.78 is 12.4. The summed E-state index contributed by atoms with van der Waals surface area (Å²) in [4.78, 5) is 34.3. The molecule has 1 N–H and O–H groups in total. The molecule has 1 saturated heterocycles. The van der Waals surface area contributed by atoms with E-state index in [-0.39, 0.29) is 12.0 Å². The number of rotatable bonds is 5. The second-order valence-electron chi connectivity index (χ2n) is 10.5. The minimum absolute atomic E-state index is 0.225. The summed E-state index contributed by atoms with van der Waals surface area (Å²) in [6.45, 7) is 9.02. The van der Waals surface area contributed by atoms with Gasteiger partial charge < -0.3 is 19.4 Å². The average molecular weight is 592 g/mol. The number of aromatic nitrogens is 1. The highest BCUT2D eigenvalue weighted by Crippen LogP contribution is 2.32. The monoisotopic (exact) mass is 590 g/mol. The molecule has 1 aliphatic heterocycles. The van der Waals surface area contributed by atoms with Crippen molar-refractivity contribution in [1.29, 1.82) is 0 Å². The highest BCUT2D eigenvalue weighted by Gasteiger charge is 2.26. The van der Waals surface area contributed by atoms with Crippen molar-refractivity contribution < 1.29 is 18.7 Å². The lowest BCUT2D eigenvalue weighted by Gasteiger charge is -2.35. The third-order valence-corrected chi connectivity index (χ3v) is 7.14. The number of ether oxygens (including phenoxy) is 1. The SMILES string of the molecule is CC(C)(C)OC(=O)N1CCN(Cc2cccc3oc(-c4ccccc4NC(=O)c4ccccc4Br)nc23)CC1. The smallest absolute Gasteiger partial charge is 0.410 e. The highest BCUT2D eigenvalue weighted by atomic mass is 79.9. The van der Waals surface area contributed by atoms with Crippen molar-refractivity contribution in [3.63, 3.8) is 0 Å². The van der Waals surface area contributed by atoms with Gasteiger partial charge in [-0.3, -0.25) is 9.69 Å². The zero-order valence-electron chi connectivity index (χ0n) is 22.2. The van der Waals surface area contributed by atoms with E-state index in [9.17, 15) is 9.59 Å². The number of oxazole rings is 1. The van der Waals surface area contributed by atoms with Crippen LogP contribution in [0.15, 0.2) is 75.6 Å². The van der Waals surface area contributed by atoms with Crippen LogP contribution in [-0.2, 0) is 11.3 Å². The average Bonchev–Trinajstić information content (AvgIpc) is 3.34. The number of piperazine rings is 1. The minimum atomic E-state index is -0.506. The third kappa shape index (κ3) is 6.32. The van der Waals surface area contributed by atoms with E-state index in [1.165, 1.54) is 0 Å². The Morgan fingerprint density at radius 3 is 2.44 bits per heavy atom. The van der Waals surface area contributed by atoms with Gasteiger partial charge in [0.2, 0.25) is 5.89 Å². The van der Waals surface area contributed by atoms with E-state index < -0.39 is 5.60 Å². The van der Waals surface area contributed by atoms with Gasteiger partial charge in [0.15, 0.2) is 5.58 Å². The Labute approximate surface area is 236 Å². The molecule has 9 heteroatoms. The molecule has 202 valence electrons. The fourth-order valence-corrected chi connectivity index (χ4v) is 4.98. The van der Waals surface area contributed by atoms with Crippen molar-refractivity contribution in [3.8, 4) is 11.5 Å². The lowest BCUT2D eigenvalue weighted by molar-refractivity contribution is 0.0139. The Morgan fingerprint density at radius 2 is 1.69 bits per heavy atom. The van der Waals surface area contributed by atoms with E-state index in [2.05, 4.69) is 32.2 Å². The first kappa shape index (κ1) is 26.9. The van der Waals surface area contributed by atoms with Crippen molar-refractivity contribution in [2.24, 2.45) is 0 Å². The van der Waals surface area contributed by atoms with Crippen molar-refractivity contribution >= 4 is 44.7 Å². The number of fused-ring (bicyclic) bond motifs is 1. The van der Waals surface area contributed by atoms with Gasteiger partial charge >= 0.3 is 6.09 Å². The van der Waals surface area contributed by atoms with Gasteiger partial charge in [-0.05, 0) is 72.6 Å². The molecule has 0 spiro atoms. The number of carbonyl (C=O) groups is 2. The summed E-state index contributed by atoms with van der Waals surface area (Å²) in [5, 5.41) is 3.00. The molecule has 0 saturated carbocycles. The van der Waals surface area contributed by atoms with Crippen LogP contribution in [-0.4, -0.2) is 58.6 Å². The van der Waals surface area contributed by atoms with Gasteiger partial charge in [0.1, 0.15) is 11.1 Å². The second-order valence-corrected chi connectivity index (χ2v) is 11.4. The number of nitrogens with one attached hydrogen (secondary N) is 1. The number of para-hydroxylation sites is 2. The van der Waals surface area contributed by atoms with E-state index in [0.29, 0.717) is 47.9 Å². The predicted octanol–water partition coefficient (Wildman–Crippen LogP) is 6.56. The van der Waals surface area contributed by atoms with Gasteiger partial charge in [-0.2, -0.15) is 0 Å². The number of benzene rings is 3. The fourth-order valence-electron chi connectivity index (χ4n) is 4.52. The van der Waals surface area contributed by atoms with Crippen molar-refractivity contribution in [3.05, 3.63) is 82.3 Å². The molecule has 1 aliphatic rings. The predicted molar refractivity (Wildman–Crippen MR) is 155 cm³/mol.